The van der Waals surface area contributed by atoms with Gasteiger partial charge in [0.25, 0.3) is 0 Å². The number of halogens is 1. The highest BCUT2D eigenvalue weighted by Crippen LogP contribution is 2.33. The van der Waals surface area contributed by atoms with Crippen LogP contribution >= 0.6 is 39.0 Å². The van der Waals surface area contributed by atoms with E-state index in [4.69, 9.17) is 0 Å². The highest BCUT2D eigenvalue weighted by Gasteiger charge is 2.20. The van der Waals surface area contributed by atoms with Gasteiger partial charge in [-0.3, -0.25) is 4.79 Å². The standard InChI is InChI=1S/C16H15BrOS2/c1-9-6-13(17)10(2)5-12(9)16(18)15-7-11-8-19-4-3-14(11)20-15/h5-7H,3-4,8H2,1-2H3. The van der Waals surface area contributed by atoms with Gasteiger partial charge in [-0.15, -0.1) is 11.3 Å². The fraction of sp³-hybridized carbons (Fsp3) is 0.312. The maximum atomic E-state index is 12.7. The minimum Gasteiger partial charge on any atom is -0.288 e. The second kappa shape index (κ2) is 5.66. The monoisotopic (exact) mass is 366 g/mol. The number of thiophene rings is 1. The van der Waals surface area contributed by atoms with Crippen LogP contribution in [-0.4, -0.2) is 11.5 Å². The van der Waals surface area contributed by atoms with E-state index in [0.717, 1.165) is 38.2 Å². The molecule has 0 N–H and O–H groups in total. The van der Waals surface area contributed by atoms with Crippen LogP contribution in [0.25, 0.3) is 0 Å². The van der Waals surface area contributed by atoms with E-state index < -0.39 is 0 Å². The average molecular weight is 367 g/mol. The van der Waals surface area contributed by atoms with Crippen LogP contribution in [0.4, 0.5) is 0 Å². The summed E-state index contributed by atoms with van der Waals surface area (Å²) >= 11 is 7.16. The molecule has 104 valence electrons. The SMILES string of the molecule is Cc1cc(C(=O)c2cc3c(s2)CCSC3)c(C)cc1Br. The van der Waals surface area contributed by atoms with Gasteiger partial charge in [0.15, 0.2) is 0 Å². The Morgan fingerprint density at radius 3 is 2.75 bits per heavy atom. The van der Waals surface area contributed by atoms with E-state index in [-0.39, 0.29) is 5.78 Å². The predicted octanol–water partition coefficient (Wildman–Crippen LogP) is 5.15. The van der Waals surface area contributed by atoms with Crippen molar-refractivity contribution in [3.63, 3.8) is 0 Å². The molecule has 0 fully saturated rings. The van der Waals surface area contributed by atoms with Gasteiger partial charge >= 0.3 is 0 Å². The van der Waals surface area contributed by atoms with Crippen LogP contribution in [0.3, 0.4) is 0 Å². The normalized spacial score (nSPS) is 14.2. The molecule has 2 aromatic rings. The average Bonchev–Trinajstić information content (AvgIpc) is 2.86. The number of thioether (sulfide) groups is 1. The molecule has 0 spiro atoms. The Hall–Kier alpha value is -0.580. The Labute approximate surface area is 135 Å². The van der Waals surface area contributed by atoms with Gasteiger partial charge in [0.2, 0.25) is 5.78 Å². The fourth-order valence-corrected chi connectivity index (χ4v) is 5.20. The summed E-state index contributed by atoms with van der Waals surface area (Å²) in [5.74, 6) is 2.40. The van der Waals surface area contributed by atoms with Gasteiger partial charge in [-0.2, -0.15) is 11.8 Å². The number of aryl methyl sites for hydroxylation is 3. The fourth-order valence-electron chi connectivity index (χ4n) is 2.42. The maximum absolute atomic E-state index is 12.7. The quantitative estimate of drug-likeness (QED) is 0.683. The number of ketones is 1. The van der Waals surface area contributed by atoms with E-state index in [9.17, 15) is 4.79 Å². The van der Waals surface area contributed by atoms with Gasteiger partial charge in [-0.05, 0) is 60.9 Å². The third kappa shape index (κ3) is 2.61. The molecule has 0 aliphatic carbocycles. The summed E-state index contributed by atoms with van der Waals surface area (Å²) in [6.07, 6.45) is 1.11. The molecule has 4 heteroatoms. The molecular formula is C16H15BrOS2. The van der Waals surface area contributed by atoms with Crippen LogP contribution in [0, 0.1) is 13.8 Å². The van der Waals surface area contributed by atoms with E-state index in [1.807, 2.05) is 37.7 Å². The Morgan fingerprint density at radius 1 is 1.20 bits per heavy atom. The summed E-state index contributed by atoms with van der Waals surface area (Å²) in [6.45, 7) is 4.02. The van der Waals surface area contributed by atoms with Crippen LogP contribution in [-0.2, 0) is 12.2 Å². The first-order valence-corrected chi connectivity index (χ1v) is 9.33. The molecule has 2 heterocycles. The van der Waals surface area contributed by atoms with E-state index in [2.05, 4.69) is 22.0 Å². The van der Waals surface area contributed by atoms with Crippen molar-refractivity contribution in [1.29, 1.82) is 0 Å². The van der Waals surface area contributed by atoms with Crippen molar-refractivity contribution in [3.05, 3.63) is 54.7 Å². The molecule has 0 bridgehead atoms. The zero-order valence-electron chi connectivity index (χ0n) is 11.5. The largest absolute Gasteiger partial charge is 0.288 e. The lowest BCUT2D eigenvalue weighted by Gasteiger charge is -2.08. The highest BCUT2D eigenvalue weighted by molar-refractivity contribution is 9.10. The van der Waals surface area contributed by atoms with Gasteiger partial charge in [0, 0.05) is 20.7 Å². The third-order valence-electron chi connectivity index (χ3n) is 3.60. The number of fused-ring (bicyclic) bond motifs is 1. The van der Waals surface area contributed by atoms with Crippen molar-refractivity contribution < 1.29 is 4.79 Å². The number of hydrogen-bond donors (Lipinski definition) is 0. The molecule has 0 amide bonds. The highest BCUT2D eigenvalue weighted by atomic mass is 79.9. The molecule has 0 saturated heterocycles. The lowest BCUT2D eigenvalue weighted by Crippen LogP contribution is -2.02. The molecule has 1 aliphatic heterocycles. The second-order valence-corrected chi connectivity index (χ2v) is 8.20. The van der Waals surface area contributed by atoms with Crippen molar-refractivity contribution >= 4 is 44.8 Å². The summed E-state index contributed by atoms with van der Waals surface area (Å²) in [4.78, 5) is 15.0. The smallest absolute Gasteiger partial charge is 0.203 e. The first-order chi connectivity index (χ1) is 9.56. The minimum atomic E-state index is 0.169. The molecule has 20 heavy (non-hydrogen) atoms. The van der Waals surface area contributed by atoms with Crippen LogP contribution in [0.15, 0.2) is 22.7 Å². The van der Waals surface area contributed by atoms with Crippen LogP contribution in [0.5, 0.6) is 0 Å². The summed E-state index contributed by atoms with van der Waals surface area (Å²) in [5, 5.41) is 0. The zero-order valence-corrected chi connectivity index (χ0v) is 14.7. The van der Waals surface area contributed by atoms with Gasteiger partial charge < -0.3 is 0 Å². The van der Waals surface area contributed by atoms with E-state index in [1.54, 1.807) is 11.3 Å². The van der Waals surface area contributed by atoms with Gasteiger partial charge in [0.05, 0.1) is 4.88 Å². The number of hydrogen-bond acceptors (Lipinski definition) is 3. The summed E-state index contributed by atoms with van der Waals surface area (Å²) in [7, 11) is 0. The molecule has 1 aromatic carbocycles. The molecule has 0 radical (unpaired) electrons. The Bertz CT molecular complexity index is 665. The maximum Gasteiger partial charge on any atom is 0.203 e. The summed E-state index contributed by atoms with van der Waals surface area (Å²) < 4.78 is 1.06. The minimum absolute atomic E-state index is 0.169. The van der Waals surface area contributed by atoms with Gasteiger partial charge in [-0.1, -0.05) is 15.9 Å². The van der Waals surface area contributed by atoms with Crippen molar-refractivity contribution in [2.24, 2.45) is 0 Å². The Kier molecular flexibility index (Phi) is 4.07. The molecule has 0 saturated carbocycles. The van der Waals surface area contributed by atoms with E-state index in [0.29, 0.717) is 0 Å². The molecular weight excluding hydrogens is 352 g/mol. The lowest BCUT2D eigenvalue weighted by molar-refractivity contribution is 0.104. The van der Waals surface area contributed by atoms with Crippen molar-refractivity contribution in [2.75, 3.05) is 5.75 Å². The van der Waals surface area contributed by atoms with E-state index in [1.165, 1.54) is 16.2 Å². The predicted molar refractivity (Wildman–Crippen MR) is 91.2 cm³/mol. The van der Waals surface area contributed by atoms with Crippen molar-refractivity contribution in [1.82, 2.24) is 0 Å². The second-order valence-electron chi connectivity index (χ2n) is 5.11. The van der Waals surface area contributed by atoms with Crippen LogP contribution < -0.4 is 0 Å². The Morgan fingerprint density at radius 2 is 2.00 bits per heavy atom. The lowest BCUT2D eigenvalue weighted by atomic mass is 10.0. The van der Waals surface area contributed by atoms with Gasteiger partial charge in [-0.25, -0.2) is 0 Å². The molecule has 1 nitrogen and oxygen atoms in total. The third-order valence-corrected chi connectivity index (χ3v) is 6.70. The summed E-state index contributed by atoms with van der Waals surface area (Å²) in [6, 6.07) is 6.13. The molecule has 3 rings (SSSR count). The Balaban J connectivity index is 2.00. The van der Waals surface area contributed by atoms with Gasteiger partial charge in [0.1, 0.15) is 0 Å². The number of carbonyl (C=O) groups excluding carboxylic acids is 1. The first-order valence-electron chi connectivity index (χ1n) is 6.57. The van der Waals surface area contributed by atoms with Crippen molar-refractivity contribution in [3.8, 4) is 0 Å². The first kappa shape index (κ1) is 14.4. The summed E-state index contributed by atoms with van der Waals surface area (Å²) in [5.41, 5.74) is 4.34. The molecule has 1 aromatic heterocycles. The molecule has 0 atom stereocenters. The molecule has 1 aliphatic rings. The number of rotatable bonds is 2. The topological polar surface area (TPSA) is 17.1 Å². The molecule has 0 unspecified atom stereocenters. The van der Waals surface area contributed by atoms with Crippen LogP contribution in [0.2, 0.25) is 0 Å². The van der Waals surface area contributed by atoms with Crippen molar-refractivity contribution in [2.45, 2.75) is 26.0 Å². The zero-order chi connectivity index (χ0) is 14.3. The van der Waals surface area contributed by atoms with E-state index >= 15 is 0 Å². The van der Waals surface area contributed by atoms with Crippen LogP contribution in [0.1, 0.15) is 36.8 Å². The number of carbonyl (C=O) groups is 1. The number of benzene rings is 1.